The van der Waals surface area contributed by atoms with E-state index in [0.717, 1.165) is 24.8 Å². The van der Waals surface area contributed by atoms with Crippen LogP contribution in [0, 0.1) is 17.2 Å². The second kappa shape index (κ2) is 5.16. The third kappa shape index (κ3) is 2.54. The maximum absolute atomic E-state index is 13.0. The van der Waals surface area contributed by atoms with Crippen LogP contribution in [-0.2, 0) is 6.42 Å². The molecule has 0 saturated heterocycles. The van der Waals surface area contributed by atoms with Crippen molar-refractivity contribution in [3.63, 3.8) is 0 Å². The van der Waals surface area contributed by atoms with E-state index in [1.54, 1.807) is 12.1 Å². The van der Waals surface area contributed by atoms with Gasteiger partial charge < -0.3 is 10.3 Å². The summed E-state index contributed by atoms with van der Waals surface area (Å²) < 4.78 is 18.3. The molecule has 118 valence electrons. The zero-order chi connectivity index (χ0) is 16.0. The number of nitrogens with two attached hydrogens (primary N) is 1. The summed E-state index contributed by atoms with van der Waals surface area (Å²) in [6.45, 7) is 6.55. The van der Waals surface area contributed by atoms with Crippen LogP contribution in [0.4, 0.5) is 4.39 Å². The predicted octanol–water partition coefficient (Wildman–Crippen LogP) is 3.57. The standard InChI is InChI=1S/C17H22FN3O/c1-16(2)12(8-9-17(16,3)19)10-14-20-15(22-21-14)11-4-6-13(18)7-5-11/h4-7,12H,8-10,19H2,1-3H3/t12-,17-/m0/s1. The minimum atomic E-state index is -0.279. The van der Waals surface area contributed by atoms with Gasteiger partial charge in [0.1, 0.15) is 5.82 Å². The summed E-state index contributed by atoms with van der Waals surface area (Å²) in [4.78, 5) is 4.45. The van der Waals surface area contributed by atoms with Crippen molar-refractivity contribution >= 4 is 0 Å². The highest BCUT2D eigenvalue weighted by atomic mass is 19.1. The monoisotopic (exact) mass is 303 g/mol. The van der Waals surface area contributed by atoms with Crippen LogP contribution < -0.4 is 5.73 Å². The molecule has 0 aliphatic heterocycles. The first-order chi connectivity index (χ1) is 10.3. The number of hydrogen-bond acceptors (Lipinski definition) is 4. The number of rotatable bonds is 3. The first kappa shape index (κ1) is 15.2. The van der Waals surface area contributed by atoms with Gasteiger partial charge in [-0.25, -0.2) is 4.39 Å². The van der Waals surface area contributed by atoms with Crippen molar-refractivity contribution in [2.75, 3.05) is 0 Å². The van der Waals surface area contributed by atoms with E-state index in [1.165, 1.54) is 12.1 Å². The van der Waals surface area contributed by atoms with E-state index >= 15 is 0 Å². The molecule has 22 heavy (non-hydrogen) atoms. The number of benzene rings is 1. The molecule has 2 N–H and O–H groups in total. The molecule has 2 atom stereocenters. The molecule has 1 heterocycles. The van der Waals surface area contributed by atoms with Gasteiger partial charge in [0.2, 0.25) is 0 Å². The highest BCUT2D eigenvalue weighted by molar-refractivity contribution is 5.52. The SMILES string of the molecule is CC1(C)[C@H](Cc2noc(-c3ccc(F)cc3)n2)CC[C@]1(C)N. The molecular formula is C17H22FN3O. The van der Waals surface area contributed by atoms with Gasteiger partial charge in [-0.3, -0.25) is 0 Å². The molecule has 4 nitrogen and oxygen atoms in total. The smallest absolute Gasteiger partial charge is 0.257 e. The molecule has 5 heteroatoms. The lowest BCUT2D eigenvalue weighted by Crippen LogP contribution is -2.48. The van der Waals surface area contributed by atoms with E-state index in [9.17, 15) is 4.39 Å². The topological polar surface area (TPSA) is 64.9 Å². The maximum atomic E-state index is 13.0. The highest BCUT2D eigenvalue weighted by Gasteiger charge is 2.49. The fourth-order valence-corrected chi connectivity index (χ4v) is 3.25. The van der Waals surface area contributed by atoms with Gasteiger partial charge in [0, 0.05) is 17.5 Å². The lowest BCUT2D eigenvalue weighted by Gasteiger charge is -2.38. The van der Waals surface area contributed by atoms with E-state index in [-0.39, 0.29) is 16.8 Å². The molecular weight excluding hydrogens is 281 g/mol. The van der Waals surface area contributed by atoms with Crippen LogP contribution in [0.25, 0.3) is 11.5 Å². The zero-order valence-electron chi connectivity index (χ0n) is 13.3. The Balaban J connectivity index is 1.77. The van der Waals surface area contributed by atoms with E-state index in [0.29, 0.717) is 17.6 Å². The number of aromatic nitrogens is 2. The lowest BCUT2D eigenvalue weighted by atomic mass is 9.71. The van der Waals surface area contributed by atoms with E-state index in [4.69, 9.17) is 10.3 Å². The largest absolute Gasteiger partial charge is 0.334 e. The molecule has 1 aromatic heterocycles. The summed E-state index contributed by atoms with van der Waals surface area (Å²) in [6.07, 6.45) is 2.83. The van der Waals surface area contributed by atoms with Gasteiger partial charge in [-0.15, -0.1) is 0 Å². The third-order valence-corrected chi connectivity index (χ3v) is 5.49. The lowest BCUT2D eigenvalue weighted by molar-refractivity contribution is 0.162. The van der Waals surface area contributed by atoms with Crippen molar-refractivity contribution < 1.29 is 8.91 Å². The molecule has 0 amide bonds. The Bertz CT molecular complexity index is 661. The summed E-state index contributed by atoms with van der Waals surface area (Å²) in [5.41, 5.74) is 7.01. The molecule has 0 spiro atoms. The van der Waals surface area contributed by atoms with Crippen molar-refractivity contribution in [3.8, 4) is 11.5 Å². The second-order valence-corrected chi connectivity index (χ2v) is 7.10. The van der Waals surface area contributed by atoms with Crippen LogP contribution in [0.1, 0.15) is 39.4 Å². The van der Waals surface area contributed by atoms with Crippen molar-refractivity contribution in [2.24, 2.45) is 17.1 Å². The first-order valence-electron chi connectivity index (χ1n) is 7.67. The zero-order valence-corrected chi connectivity index (χ0v) is 13.3. The summed E-state index contributed by atoms with van der Waals surface area (Å²) in [6, 6.07) is 6.06. The average Bonchev–Trinajstić information content (AvgIpc) is 2.99. The van der Waals surface area contributed by atoms with Gasteiger partial charge in [0.05, 0.1) is 0 Å². The van der Waals surface area contributed by atoms with Crippen LogP contribution in [-0.4, -0.2) is 15.7 Å². The van der Waals surface area contributed by atoms with Crippen LogP contribution in [0.2, 0.25) is 0 Å². The van der Waals surface area contributed by atoms with Gasteiger partial charge in [0.25, 0.3) is 5.89 Å². The average molecular weight is 303 g/mol. The molecule has 1 aliphatic rings. The molecule has 0 unspecified atom stereocenters. The Morgan fingerprint density at radius 3 is 2.55 bits per heavy atom. The second-order valence-electron chi connectivity index (χ2n) is 7.10. The van der Waals surface area contributed by atoms with Crippen molar-refractivity contribution in [2.45, 2.75) is 45.6 Å². The fraction of sp³-hybridized carbons (Fsp3) is 0.529. The Kier molecular flexibility index (Phi) is 3.56. The van der Waals surface area contributed by atoms with E-state index in [1.807, 2.05) is 0 Å². The number of halogens is 1. The normalized spacial score (nSPS) is 27.2. The quantitative estimate of drug-likeness (QED) is 0.941. The molecule has 2 aromatic rings. The minimum absolute atomic E-state index is 0.0314. The molecule has 0 bridgehead atoms. The van der Waals surface area contributed by atoms with Crippen LogP contribution >= 0.6 is 0 Å². The Morgan fingerprint density at radius 2 is 1.95 bits per heavy atom. The van der Waals surface area contributed by atoms with Crippen LogP contribution in [0.15, 0.2) is 28.8 Å². The van der Waals surface area contributed by atoms with Crippen LogP contribution in [0.3, 0.4) is 0 Å². The summed E-state index contributed by atoms with van der Waals surface area (Å²) in [5.74, 6) is 1.27. The van der Waals surface area contributed by atoms with Gasteiger partial charge in [-0.2, -0.15) is 4.98 Å². The summed E-state index contributed by atoms with van der Waals surface area (Å²) in [5, 5.41) is 4.07. The van der Waals surface area contributed by atoms with Gasteiger partial charge in [0.15, 0.2) is 5.82 Å². The first-order valence-corrected chi connectivity index (χ1v) is 7.67. The third-order valence-electron chi connectivity index (χ3n) is 5.49. The molecule has 1 aromatic carbocycles. The maximum Gasteiger partial charge on any atom is 0.257 e. The fourth-order valence-electron chi connectivity index (χ4n) is 3.25. The van der Waals surface area contributed by atoms with Gasteiger partial charge in [-0.05, 0) is 55.4 Å². The molecule has 1 fully saturated rings. The van der Waals surface area contributed by atoms with E-state index in [2.05, 4.69) is 30.9 Å². The Morgan fingerprint density at radius 1 is 1.27 bits per heavy atom. The highest BCUT2D eigenvalue weighted by Crippen LogP contribution is 2.49. The van der Waals surface area contributed by atoms with Gasteiger partial charge in [-0.1, -0.05) is 19.0 Å². The minimum Gasteiger partial charge on any atom is -0.334 e. The van der Waals surface area contributed by atoms with E-state index < -0.39 is 0 Å². The number of hydrogen-bond donors (Lipinski definition) is 1. The summed E-state index contributed by atoms with van der Waals surface area (Å²) >= 11 is 0. The Labute approximate surface area is 129 Å². The van der Waals surface area contributed by atoms with Gasteiger partial charge >= 0.3 is 0 Å². The molecule has 1 aliphatic carbocycles. The summed E-state index contributed by atoms with van der Waals surface area (Å²) in [7, 11) is 0. The van der Waals surface area contributed by atoms with Crippen molar-refractivity contribution in [3.05, 3.63) is 35.9 Å². The predicted molar refractivity (Wildman–Crippen MR) is 82.5 cm³/mol. The van der Waals surface area contributed by atoms with Crippen molar-refractivity contribution in [1.29, 1.82) is 0 Å². The Hall–Kier alpha value is -1.75. The number of nitrogens with zero attached hydrogens (tertiary/aromatic N) is 2. The molecule has 0 radical (unpaired) electrons. The molecule has 1 saturated carbocycles. The molecule has 3 rings (SSSR count). The van der Waals surface area contributed by atoms with Crippen molar-refractivity contribution in [1.82, 2.24) is 10.1 Å². The van der Waals surface area contributed by atoms with Crippen LogP contribution in [0.5, 0.6) is 0 Å².